The van der Waals surface area contributed by atoms with Crippen LogP contribution >= 0.6 is 0 Å². The summed E-state index contributed by atoms with van der Waals surface area (Å²) in [4.78, 5) is 0. The van der Waals surface area contributed by atoms with Crippen molar-refractivity contribution in [3.05, 3.63) is 182 Å². The number of hydrogen-bond acceptors (Lipinski definition) is 2. The van der Waals surface area contributed by atoms with Crippen LogP contribution < -0.4 is 0 Å². The van der Waals surface area contributed by atoms with Gasteiger partial charge in [-0.05, 0) is 96.9 Å². The Bertz CT molecular complexity index is 3140. The van der Waals surface area contributed by atoms with Gasteiger partial charge >= 0.3 is 0 Å². The summed E-state index contributed by atoms with van der Waals surface area (Å²) < 4.78 is 12.6. The van der Waals surface area contributed by atoms with Gasteiger partial charge in [0.25, 0.3) is 0 Å². The Labute approximate surface area is 299 Å². The maximum absolute atomic E-state index is 6.46. The van der Waals surface area contributed by atoms with Gasteiger partial charge in [0.05, 0.1) is 0 Å². The minimum atomic E-state index is 0.909. The smallest absolute Gasteiger partial charge is 0.143 e. The summed E-state index contributed by atoms with van der Waals surface area (Å²) in [5.41, 5.74) is 13.1. The second-order valence-electron chi connectivity index (χ2n) is 13.6. The van der Waals surface area contributed by atoms with E-state index in [0.717, 1.165) is 55.0 Å². The third-order valence-electron chi connectivity index (χ3n) is 10.7. The lowest BCUT2D eigenvalue weighted by Crippen LogP contribution is -1.91. The van der Waals surface area contributed by atoms with E-state index in [1.807, 2.05) is 24.3 Å². The van der Waals surface area contributed by atoms with E-state index in [4.69, 9.17) is 8.83 Å². The fraction of sp³-hybridized carbons (Fsp3) is 0. The maximum atomic E-state index is 6.46. The van der Waals surface area contributed by atoms with E-state index in [0.29, 0.717) is 0 Å². The van der Waals surface area contributed by atoms with Gasteiger partial charge in [-0.3, -0.25) is 0 Å². The number of benzene rings is 9. The molecular weight excluding hydrogens is 633 g/mol. The van der Waals surface area contributed by atoms with E-state index in [1.165, 1.54) is 54.9 Å². The van der Waals surface area contributed by atoms with E-state index in [2.05, 4.69) is 158 Å². The fourth-order valence-electron chi connectivity index (χ4n) is 8.33. The number of rotatable bonds is 4. The molecule has 0 spiro atoms. The van der Waals surface area contributed by atoms with E-state index in [1.54, 1.807) is 0 Å². The minimum absolute atomic E-state index is 0.909. The van der Waals surface area contributed by atoms with Gasteiger partial charge in [-0.1, -0.05) is 146 Å². The molecule has 0 atom stereocenters. The summed E-state index contributed by atoms with van der Waals surface area (Å²) >= 11 is 0. The predicted molar refractivity (Wildman–Crippen MR) is 218 cm³/mol. The van der Waals surface area contributed by atoms with Gasteiger partial charge in [0.1, 0.15) is 22.3 Å². The first-order valence-electron chi connectivity index (χ1n) is 17.8. The molecular formula is C50H30O2. The Hall–Kier alpha value is -6.90. The fourth-order valence-corrected chi connectivity index (χ4v) is 8.33. The third-order valence-corrected chi connectivity index (χ3v) is 10.7. The van der Waals surface area contributed by atoms with Crippen molar-refractivity contribution < 1.29 is 8.83 Å². The number of furan rings is 2. The van der Waals surface area contributed by atoms with Gasteiger partial charge in [-0.15, -0.1) is 0 Å². The first kappa shape index (κ1) is 28.9. The molecule has 9 aromatic carbocycles. The summed E-state index contributed by atoms with van der Waals surface area (Å²) in [5, 5.41) is 9.48. The highest BCUT2D eigenvalue weighted by Gasteiger charge is 2.19. The quantitative estimate of drug-likeness (QED) is 0.175. The molecule has 0 N–H and O–H groups in total. The van der Waals surface area contributed by atoms with Gasteiger partial charge in [0, 0.05) is 27.1 Å². The Morgan fingerprint density at radius 1 is 0.250 bits per heavy atom. The molecule has 0 aliphatic rings. The second-order valence-corrected chi connectivity index (χ2v) is 13.6. The van der Waals surface area contributed by atoms with E-state index in [9.17, 15) is 0 Å². The zero-order valence-corrected chi connectivity index (χ0v) is 28.1. The molecule has 0 aliphatic heterocycles. The minimum Gasteiger partial charge on any atom is -0.456 e. The Morgan fingerprint density at radius 3 is 1.35 bits per heavy atom. The molecule has 2 aromatic heterocycles. The van der Waals surface area contributed by atoms with E-state index < -0.39 is 0 Å². The molecule has 11 aromatic rings. The average molecular weight is 663 g/mol. The van der Waals surface area contributed by atoms with Crippen molar-refractivity contribution >= 4 is 65.4 Å². The third kappa shape index (κ3) is 4.38. The van der Waals surface area contributed by atoms with Crippen LogP contribution in [0.5, 0.6) is 0 Å². The maximum Gasteiger partial charge on any atom is 0.143 e. The Morgan fingerprint density at radius 2 is 0.692 bits per heavy atom. The molecule has 0 amide bonds. The highest BCUT2D eigenvalue weighted by atomic mass is 16.3. The summed E-state index contributed by atoms with van der Waals surface area (Å²) in [5.74, 6) is 0. The first-order chi connectivity index (χ1) is 25.8. The summed E-state index contributed by atoms with van der Waals surface area (Å²) in [6, 6.07) is 65.2. The van der Waals surface area contributed by atoms with Gasteiger partial charge < -0.3 is 8.83 Å². The normalized spacial score (nSPS) is 11.8. The van der Waals surface area contributed by atoms with Crippen molar-refractivity contribution in [1.29, 1.82) is 0 Å². The van der Waals surface area contributed by atoms with Crippen molar-refractivity contribution in [2.24, 2.45) is 0 Å². The number of para-hydroxylation sites is 3. The van der Waals surface area contributed by atoms with Crippen molar-refractivity contribution in [2.45, 2.75) is 0 Å². The van der Waals surface area contributed by atoms with E-state index in [-0.39, 0.29) is 0 Å². The van der Waals surface area contributed by atoms with Crippen LogP contribution in [0.15, 0.2) is 191 Å². The summed E-state index contributed by atoms with van der Waals surface area (Å²) in [6.45, 7) is 0. The van der Waals surface area contributed by atoms with E-state index >= 15 is 0 Å². The second kappa shape index (κ2) is 11.3. The summed E-state index contributed by atoms with van der Waals surface area (Å²) in [6.07, 6.45) is 0. The zero-order chi connectivity index (χ0) is 34.2. The molecule has 52 heavy (non-hydrogen) atoms. The zero-order valence-electron chi connectivity index (χ0n) is 28.1. The number of hydrogen-bond donors (Lipinski definition) is 0. The van der Waals surface area contributed by atoms with Crippen LogP contribution in [0.25, 0.3) is 110 Å². The Balaban J connectivity index is 1.10. The van der Waals surface area contributed by atoms with Gasteiger partial charge in [-0.2, -0.15) is 0 Å². The lowest BCUT2D eigenvalue weighted by atomic mass is 9.85. The molecule has 0 saturated heterocycles. The van der Waals surface area contributed by atoms with Crippen LogP contribution in [0, 0.1) is 0 Å². The van der Waals surface area contributed by atoms with Crippen LogP contribution in [0.3, 0.4) is 0 Å². The van der Waals surface area contributed by atoms with Crippen LogP contribution in [0.1, 0.15) is 0 Å². The molecule has 0 unspecified atom stereocenters. The highest BCUT2D eigenvalue weighted by Crippen LogP contribution is 2.45. The van der Waals surface area contributed by atoms with Crippen molar-refractivity contribution in [3.63, 3.8) is 0 Å². The molecule has 0 radical (unpaired) electrons. The van der Waals surface area contributed by atoms with Gasteiger partial charge in [0.15, 0.2) is 0 Å². The van der Waals surface area contributed by atoms with Crippen LogP contribution in [-0.4, -0.2) is 0 Å². The van der Waals surface area contributed by atoms with Crippen LogP contribution in [-0.2, 0) is 0 Å². The Kier molecular flexibility index (Phi) is 6.28. The molecule has 0 bridgehead atoms. The van der Waals surface area contributed by atoms with Crippen molar-refractivity contribution in [2.75, 3.05) is 0 Å². The standard InChI is InChI=1S/C50H30O2/c1-3-20-41-39(18-1)48(34-14-9-12-31(28-34)32-26-27-47-44(30-32)38-17-6-7-24-45(38)51-47)40-19-2-4-21-42(40)49(41)35-15-10-13-33(29-35)36-22-11-23-43-37-16-5-8-25-46(37)52-50(36)43/h1-30H. The van der Waals surface area contributed by atoms with Gasteiger partial charge in [0.2, 0.25) is 0 Å². The first-order valence-corrected chi connectivity index (χ1v) is 17.8. The molecule has 2 heterocycles. The molecule has 11 rings (SSSR count). The van der Waals surface area contributed by atoms with Crippen LogP contribution in [0.2, 0.25) is 0 Å². The monoisotopic (exact) mass is 662 g/mol. The lowest BCUT2D eigenvalue weighted by Gasteiger charge is -2.18. The van der Waals surface area contributed by atoms with Crippen LogP contribution in [0.4, 0.5) is 0 Å². The molecule has 2 nitrogen and oxygen atoms in total. The molecule has 242 valence electrons. The van der Waals surface area contributed by atoms with Crippen molar-refractivity contribution in [3.8, 4) is 44.5 Å². The highest BCUT2D eigenvalue weighted by molar-refractivity contribution is 6.22. The molecule has 0 saturated carbocycles. The predicted octanol–water partition coefficient (Wildman–Crippen LogP) is 14.5. The average Bonchev–Trinajstić information content (AvgIpc) is 3.78. The number of fused-ring (bicyclic) bond motifs is 8. The largest absolute Gasteiger partial charge is 0.456 e. The SMILES string of the molecule is c1cc(-c2ccc3oc4ccccc4c3c2)cc(-c2c3ccccc3c(-c3cccc(-c4cccc5c4oc4ccccc45)c3)c3ccccc23)c1. The topological polar surface area (TPSA) is 26.3 Å². The molecule has 2 heteroatoms. The molecule has 0 fully saturated rings. The summed E-state index contributed by atoms with van der Waals surface area (Å²) in [7, 11) is 0. The van der Waals surface area contributed by atoms with Gasteiger partial charge in [-0.25, -0.2) is 0 Å². The lowest BCUT2D eigenvalue weighted by molar-refractivity contribution is 0.669. The van der Waals surface area contributed by atoms with Crippen molar-refractivity contribution in [1.82, 2.24) is 0 Å². The molecule has 0 aliphatic carbocycles.